The molecule has 0 aliphatic heterocycles. The van der Waals surface area contributed by atoms with Gasteiger partial charge in [-0.2, -0.15) is 0 Å². The van der Waals surface area contributed by atoms with Crippen LogP contribution in [0.5, 0.6) is 11.5 Å². The second-order valence-corrected chi connectivity index (χ2v) is 5.85. The molecule has 0 aliphatic rings. The van der Waals surface area contributed by atoms with Gasteiger partial charge in [0.15, 0.2) is 0 Å². The molecular formula is C14H15Cl2NO2S. The lowest BCUT2D eigenvalue weighted by Crippen LogP contribution is -2.17. The Morgan fingerprint density at radius 3 is 2.40 bits per heavy atom. The maximum absolute atomic E-state index is 6.35. The lowest BCUT2D eigenvalue weighted by molar-refractivity contribution is 0.408. The van der Waals surface area contributed by atoms with E-state index >= 15 is 0 Å². The van der Waals surface area contributed by atoms with Gasteiger partial charge in [-0.15, -0.1) is 11.3 Å². The molecule has 0 fully saturated rings. The first-order chi connectivity index (χ1) is 9.62. The van der Waals surface area contributed by atoms with Gasteiger partial charge in [0.25, 0.3) is 0 Å². The SMILES string of the molecule is CNC(c1cc(Cl)c(OC)cc1Cl)c1sccc1OC. The highest BCUT2D eigenvalue weighted by Gasteiger charge is 2.22. The number of rotatable bonds is 5. The lowest BCUT2D eigenvalue weighted by Gasteiger charge is -2.19. The van der Waals surface area contributed by atoms with Gasteiger partial charge in [0.1, 0.15) is 11.5 Å². The van der Waals surface area contributed by atoms with E-state index in [1.54, 1.807) is 31.6 Å². The van der Waals surface area contributed by atoms with Gasteiger partial charge in [0.05, 0.1) is 30.2 Å². The molecule has 20 heavy (non-hydrogen) atoms. The summed E-state index contributed by atoms with van der Waals surface area (Å²) in [6, 6.07) is 5.40. The number of halogens is 2. The van der Waals surface area contributed by atoms with Crippen LogP contribution >= 0.6 is 34.5 Å². The first kappa shape index (κ1) is 15.4. The summed E-state index contributed by atoms with van der Waals surface area (Å²) in [5.41, 5.74) is 0.890. The summed E-state index contributed by atoms with van der Waals surface area (Å²) >= 11 is 14.2. The number of thiophene rings is 1. The number of hydrogen-bond donors (Lipinski definition) is 1. The molecule has 1 unspecified atom stereocenters. The number of nitrogens with one attached hydrogen (secondary N) is 1. The van der Waals surface area contributed by atoms with Crippen LogP contribution in [0.1, 0.15) is 16.5 Å². The van der Waals surface area contributed by atoms with Crippen molar-refractivity contribution in [1.82, 2.24) is 5.32 Å². The molecule has 2 aromatic rings. The van der Waals surface area contributed by atoms with E-state index in [2.05, 4.69) is 5.32 Å². The third-order valence-electron chi connectivity index (χ3n) is 3.01. The topological polar surface area (TPSA) is 30.5 Å². The zero-order chi connectivity index (χ0) is 14.7. The Hall–Kier alpha value is -0.940. The predicted molar refractivity (Wildman–Crippen MR) is 84.8 cm³/mol. The fraction of sp³-hybridized carbons (Fsp3) is 0.286. The molecule has 1 N–H and O–H groups in total. The van der Waals surface area contributed by atoms with Crippen LogP contribution in [0.3, 0.4) is 0 Å². The Kier molecular flexibility index (Phi) is 5.16. The van der Waals surface area contributed by atoms with E-state index in [9.17, 15) is 0 Å². The van der Waals surface area contributed by atoms with Crippen molar-refractivity contribution in [1.29, 1.82) is 0 Å². The smallest absolute Gasteiger partial charge is 0.138 e. The summed E-state index contributed by atoms with van der Waals surface area (Å²) < 4.78 is 10.5. The summed E-state index contributed by atoms with van der Waals surface area (Å²) in [4.78, 5) is 1.05. The van der Waals surface area contributed by atoms with Crippen molar-refractivity contribution in [3.8, 4) is 11.5 Å². The minimum absolute atomic E-state index is 0.0825. The van der Waals surface area contributed by atoms with Crippen LogP contribution in [0, 0.1) is 0 Å². The molecule has 1 heterocycles. The van der Waals surface area contributed by atoms with Crippen molar-refractivity contribution in [3.63, 3.8) is 0 Å². The van der Waals surface area contributed by atoms with Crippen LogP contribution in [0.2, 0.25) is 10.0 Å². The van der Waals surface area contributed by atoms with E-state index in [1.807, 2.05) is 24.6 Å². The summed E-state index contributed by atoms with van der Waals surface area (Å²) in [5, 5.41) is 6.36. The molecular weight excluding hydrogens is 317 g/mol. The highest BCUT2D eigenvalue weighted by Crippen LogP contribution is 2.40. The third kappa shape index (κ3) is 2.88. The van der Waals surface area contributed by atoms with E-state index in [4.69, 9.17) is 32.7 Å². The molecule has 0 saturated carbocycles. The molecule has 1 aromatic carbocycles. The normalized spacial score (nSPS) is 12.2. The molecule has 0 spiro atoms. The van der Waals surface area contributed by atoms with Gasteiger partial charge < -0.3 is 14.8 Å². The second-order valence-electron chi connectivity index (χ2n) is 4.08. The molecule has 0 radical (unpaired) electrons. The zero-order valence-corrected chi connectivity index (χ0v) is 13.7. The Morgan fingerprint density at radius 1 is 1.10 bits per heavy atom. The Bertz CT molecular complexity index is 601. The summed E-state index contributed by atoms with van der Waals surface area (Å²) in [6.07, 6.45) is 0. The van der Waals surface area contributed by atoms with Crippen molar-refractivity contribution < 1.29 is 9.47 Å². The number of benzene rings is 1. The molecule has 0 aliphatic carbocycles. The van der Waals surface area contributed by atoms with E-state index in [0.29, 0.717) is 15.8 Å². The highest BCUT2D eigenvalue weighted by molar-refractivity contribution is 7.10. The van der Waals surface area contributed by atoms with Crippen molar-refractivity contribution in [3.05, 3.63) is 44.1 Å². The first-order valence-electron chi connectivity index (χ1n) is 5.94. The molecule has 1 aromatic heterocycles. The van der Waals surface area contributed by atoms with Crippen molar-refractivity contribution in [2.75, 3.05) is 21.3 Å². The summed E-state index contributed by atoms with van der Waals surface area (Å²) in [7, 11) is 5.09. The summed E-state index contributed by atoms with van der Waals surface area (Å²) in [5.74, 6) is 1.39. The van der Waals surface area contributed by atoms with Crippen LogP contribution in [0.4, 0.5) is 0 Å². The van der Waals surface area contributed by atoms with Gasteiger partial charge in [0, 0.05) is 11.1 Å². The van der Waals surface area contributed by atoms with Crippen LogP contribution < -0.4 is 14.8 Å². The molecule has 108 valence electrons. The van der Waals surface area contributed by atoms with Gasteiger partial charge in [-0.05, 0) is 30.1 Å². The number of ether oxygens (including phenoxy) is 2. The van der Waals surface area contributed by atoms with Gasteiger partial charge in [-0.3, -0.25) is 0 Å². The number of methoxy groups -OCH3 is 2. The molecule has 0 saturated heterocycles. The van der Waals surface area contributed by atoms with Crippen molar-refractivity contribution >= 4 is 34.5 Å². The first-order valence-corrected chi connectivity index (χ1v) is 7.57. The van der Waals surface area contributed by atoms with Gasteiger partial charge >= 0.3 is 0 Å². The van der Waals surface area contributed by atoms with Crippen LogP contribution in [0.15, 0.2) is 23.6 Å². The second kappa shape index (κ2) is 6.68. The molecule has 3 nitrogen and oxygen atoms in total. The predicted octanol–water partition coefficient (Wildman–Crippen LogP) is 4.38. The van der Waals surface area contributed by atoms with Gasteiger partial charge in [-0.1, -0.05) is 23.2 Å². The van der Waals surface area contributed by atoms with Crippen molar-refractivity contribution in [2.24, 2.45) is 0 Å². The fourth-order valence-corrected chi connectivity index (χ4v) is 3.54. The minimum atomic E-state index is -0.0825. The maximum Gasteiger partial charge on any atom is 0.138 e. The molecule has 2 rings (SSSR count). The maximum atomic E-state index is 6.35. The lowest BCUT2D eigenvalue weighted by atomic mass is 10.0. The Morgan fingerprint density at radius 2 is 1.80 bits per heavy atom. The average molecular weight is 332 g/mol. The van der Waals surface area contributed by atoms with E-state index in [-0.39, 0.29) is 6.04 Å². The average Bonchev–Trinajstić information content (AvgIpc) is 2.91. The molecule has 6 heteroatoms. The van der Waals surface area contributed by atoms with Crippen LogP contribution in [0.25, 0.3) is 0 Å². The highest BCUT2D eigenvalue weighted by atomic mass is 35.5. The van der Waals surface area contributed by atoms with Gasteiger partial charge in [0.2, 0.25) is 0 Å². The Balaban J connectivity index is 2.50. The Labute approximate surface area is 132 Å². The van der Waals surface area contributed by atoms with E-state index < -0.39 is 0 Å². The summed E-state index contributed by atoms with van der Waals surface area (Å²) in [6.45, 7) is 0. The molecule has 1 atom stereocenters. The molecule has 0 bridgehead atoms. The van der Waals surface area contributed by atoms with E-state index in [0.717, 1.165) is 16.2 Å². The fourth-order valence-electron chi connectivity index (χ4n) is 2.04. The standard InChI is InChI=1S/C14H15Cl2NO2S/c1-17-13(14-11(18-2)4-5-20-14)8-6-10(16)12(19-3)7-9(8)15/h4-7,13,17H,1-3H3. The monoisotopic (exact) mass is 331 g/mol. The zero-order valence-electron chi connectivity index (χ0n) is 11.4. The van der Waals surface area contributed by atoms with Crippen molar-refractivity contribution in [2.45, 2.75) is 6.04 Å². The number of hydrogen-bond acceptors (Lipinski definition) is 4. The molecule has 0 amide bonds. The largest absolute Gasteiger partial charge is 0.496 e. The quantitative estimate of drug-likeness (QED) is 0.881. The third-order valence-corrected chi connectivity index (χ3v) is 4.60. The van der Waals surface area contributed by atoms with E-state index in [1.165, 1.54) is 0 Å². The minimum Gasteiger partial charge on any atom is -0.496 e. The van der Waals surface area contributed by atoms with Crippen LogP contribution in [-0.2, 0) is 0 Å². The van der Waals surface area contributed by atoms with Crippen LogP contribution in [-0.4, -0.2) is 21.3 Å². The van der Waals surface area contributed by atoms with Gasteiger partial charge in [-0.25, -0.2) is 0 Å².